The molecular formula is C12H17ClN2O. The van der Waals surface area contributed by atoms with E-state index in [2.05, 4.69) is 24.5 Å². The van der Waals surface area contributed by atoms with Crippen LogP contribution in [0.5, 0.6) is 0 Å². The third-order valence-electron chi connectivity index (χ3n) is 2.29. The molecule has 1 rings (SSSR count). The molecule has 1 aromatic carbocycles. The normalized spacial score (nSPS) is 10.6. The second-order valence-corrected chi connectivity index (χ2v) is 4.49. The molecule has 88 valence electrons. The summed E-state index contributed by atoms with van der Waals surface area (Å²) in [7, 11) is 0. The molecule has 0 atom stereocenters. The molecule has 0 spiro atoms. The lowest BCUT2D eigenvalue weighted by molar-refractivity contribution is -0.105. The Labute approximate surface area is 101 Å². The van der Waals surface area contributed by atoms with Gasteiger partial charge in [0.25, 0.3) is 0 Å². The summed E-state index contributed by atoms with van der Waals surface area (Å²) >= 11 is 5.99. The minimum Gasteiger partial charge on any atom is -0.328 e. The van der Waals surface area contributed by atoms with E-state index >= 15 is 0 Å². The van der Waals surface area contributed by atoms with Crippen molar-refractivity contribution in [2.75, 3.05) is 5.32 Å². The fourth-order valence-electron chi connectivity index (χ4n) is 1.53. The van der Waals surface area contributed by atoms with Crippen molar-refractivity contribution in [3.8, 4) is 0 Å². The van der Waals surface area contributed by atoms with Crippen LogP contribution >= 0.6 is 11.6 Å². The van der Waals surface area contributed by atoms with Gasteiger partial charge in [-0.3, -0.25) is 4.79 Å². The van der Waals surface area contributed by atoms with Gasteiger partial charge in [-0.25, -0.2) is 0 Å². The van der Waals surface area contributed by atoms with Crippen LogP contribution in [0.2, 0.25) is 5.02 Å². The van der Waals surface area contributed by atoms with E-state index in [4.69, 9.17) is 11.6 Å². The summed E-state index contributed by atoms with van der Waals surface area (Å²) in [6.07, 6.45) is 0.690. The summed E-state index contributed by atoms with van der Waals surface area (Å²) in [5.41, 5.74) is 2.82. The number of aryl methyl sites for hydroxylation is 1. The van der Waals surface area contributed by atoms with Gasteiger partial charge in [-0.1, -0.05) is 25.4 Å². The quantitative estimate of drug-likeness (QED) is 0.777. The van der Waals surface area contributed by atoms with Crippen LogP contribution in [0.4, 0.5) is 5.69 Å². The number of carbonyl (C=O) groups is 1. The fourth-order valence-corrected chi connectivity index (χ4v) is 1.83. The Hall–Kier alpha value is -1.06. The van der Waals surface area contributed by atoms with Crippen molar-refractivity contribution in [1.82, 2.24) is 5.32 Å². The third kappa shape index (κ3) is 3.51. The summed E-state index contributed by atoms with van der Waals surface area (Å²) in [6, 6.07) is 4.10. The summed E-state index contributed by atoms with van der Waals surface area (Å²) in [5.74, 6) is 0. The Morgan fingerprint density at radius 2 is 2.12 bits per heavy atom. The van der Waals surface area contributed by atoms with Crippen molar-refractivity contribution in [3.05, 3.63) is 28.3 Å². The number of hydrogen-bond acceptors (Lipinski definition) is 2. The average Bonchev–Trinajstić information content (AvgIpc) is 2.19. The van der Waals surface area contributed by atoms with Crippen molar-refractivity contribution in [1.29, 1.82) is 0 Å². The maximum Gasteiger partial charge on any atom is 0.211 e. The standard InChI is InChI=1S/C12H17ClN2O/c1-8(2)14-6-10-5-11(13)4-9(3)12(10)15-7-16/h4-5,7-8,14H,6H2,1-3H3,(H,15,16). The zero-order valence-electron chi connectivity index (χ0n) is 9.80. The monoisotopic (exact) mass is 240 g/mol. The van der Waals surface area contributed by atoms with Gasteiger partial charge in [0.15, 0.2) is 0 Å². The van der Waals surface area contributed by atoms with Gasteiger partial charge in [-0.15, -0.1) is 0 Å². The average molecular weight is 241 g/mol. The Bertz CT molecular complexity index is 378. The summed E-state index contributed by atoms with van der Waals surface area (Å²) in [4.78, 5) is 10.5. The molecule has 3 nitrogen and oxygen atoms in total. The van der Waals surface area contributed by atoms with Crippen LogP contribution in [0.25, 0.3) is 0 Å². The van der Waals surface area contributed by atoms with Crippen molar-refractivity contribution in [2.24, 2.45) is 0 Å². The first-order chi connectivity index (χ1) is 7.54. The van der Waals surface area contributed by atoms with Crippen molar-refractivity contribution in [2.45, 2.75) is 33.4 Å². The molecule has 0 unspecified atom stereocenters. The Morgan fingerprint density at radius 1 is 1.44 bits per heavy atom. The molecule has 0 aliphatic heterocycles. The topological polar surface area (TPSA) is 41.1 Å². The Kier molecular flexibility index (Phi) is 4.77. The molecule has 4 heteroatoms. The van der Waals surface area contributed by atoms with Gasteiger partial charge >= 0.3 is 0 Å². The summed E-state index contributed by atoms with van der Waals surface area (Å²) in [6.45, 7) is 6.76. The highest BCUT2D eigenvalue weighted by Crippen LogP contribution is 2.25. The van der Waals surface area contributed by atoms with Crippen molar-refractivity contribution >= 4 is 23.7 Å². The minimum absolute atomic E-state index is 0.392. The molecule has 0 radical (unpaired) electrons. The van der Waals surface area contributed by atoms with Crippen LogP contribution in [0.1, 0.15) is 25.0 Å². The molecular weight excluding hydrogens is 224 g/mol. The van der Waals surface area contributed by atoms with Gasteiger partial charge in [-0.05, 0) is 30.2 Å². The summed E-state index contributed by atoms with van der Waals surface area (Å²) < 4.78 is 0. The fraction of sp³-hybridized carbons (Fsp3) is 0.417. The van der Waals surface area contributed by atoms with E-state index in [-0.39, 0.29) is 0 Å². The zero-order chi connectivity index (χ0) is 12.1. The lowest BCUT2D eigenvalue weighted by Gasteiger charge is -2.14. The second kappa shape index (κ2) is 5.87. The van der Waals surface area contributed by atoms with Crippen LogP contribution in [0.15, 0.2) is 12.1 Å². The molecule has 0 saturated heterocycles. The number of halogens is 1. The number of nitrogens with one attached hydrogen (secondary N) is 2. The van der Waals surface area contributed by atoms with Gasteiger partial charge in [0, 0.05) is 23.3 Å². The lowest BCUT2D eigenvalue weighted by atomic mass is 10.1. The van der Waals surface area contributed by atoms with E-state index in [0.717, 1.165) is 16.8 Å². The molecule has 1 aromatic rings. The lowest BCUT2D eigenvalue weighted by Crippen LogP contribution is -2.22. The van der Waals surface area contributed by atoms with Crippen LogP contribution in [0.3, 0.4) is 0 Å². The van der Waals surface area contributed by atoms with Crippen LogP contribution < -0.4 is 10.6 Å². The molecule has 16 heavy (non-hydrogen) atoms. The van der Waals surface area contributed by atoms with E-state index in [9.17, 15) is 4.79 Å². The van der Waals surface area contributed by atoms with E-state index in [1.54, 1.807) is 0 Å². The number of hydrogen-bond donors (Lipinski definition) is 2. The molecule has 1 amide bonds. The van der Waals surface area contributed by atoms with Crippen LogP contribution in [0, 0.1) is 6.92 Å². The van der Waals surface area contributed by atoms with E-state index in [1.807, 2.05) is 19.1 Å². The summed E-state index contributed by atoms with van der Waals surface area (Å²) in [5, 5.41) is 6.71. The van der Waals surface area contributed by atoms with Gasteiger partial charge < -0.3 is 10.6 Å². The van der Waals surface area contributed by atoms with Crippen molar-refractivity contribution in [3.63, 3.8) is 0 Å². The zero-order valence-corrected chi connectivity index (χ0v) is 10.6. The first-order valence-corrected chi connectivity index (χ1v) is 5.65. The number of anilines is 1. The third-order valence-corrected chi connectivity index (χ3v) is 2.50. The van der Waals surface area contributed by atoms with Gasteiger partial charge in [0.1, 0.15) is 0 Å². The number of rotatable bonds is 5. The molecule has 2 N–H and O–H groups in total. The highest BCUT2D eigenvalue weighted by Gasteiger charge is 2.07. The van der Waals surface area contributed by atoms with E-state index in [1.165, 1.54) is 0 Å². The molecule has 0 aliphatic rings. The van der Waals surface area contributed by atoms with Crippen molar-refractivity contribution < 1.29 is 4.79 Å². The van der Waals surface area contributed by atoms with Gasteiger partial charge in [0.2, 0.25) is 6.41 Å². The molecule has 0 aliphatic carbocycles. The highest BCUT2D eigenvalue weighted by molar-refractivity contribution is 6.30. The Morgan fingerprint density at radius 3 is 2.69 bits per heavy atom. The number of amides is 1. The maximum absolute atomic E-state index is 10.5. The highest BCUT2D eigenvalue weighted by atomic mass is 35.5. The number of carbonyl (C=O) groups excluding carboxylic acids is 1. The van der Waals surface area contributed by atoms with Crippen LogP contribution in [-0.2, 0) is 11.3 Å². The van der Waals surface area contributed by atoms with Gasteiger partial charge in [-0.2, -0.15) is 0 Å². The molecule has 0 bridgehead atoms. The van der Waals surface area contributed by atoms with Gasteiger partial charge in [0.05, 0.1) is 0 Å². The molecule has 0 saturated carbocycles. The SMILES string of the molecule is Cc1cc(Cl)cc(CNC(C)C)c1NC=O. The maximum atomic E-state index is 10.5. The first-order valence-electron chi connectivity index (χ1n) is 5.27. The molecule has 0 aromatic heterocycles. The predicted octanol–water partition coefficient (Wildman–Crippen LogP) is 2.71. The molecule has 0 fully saturated rings. The van der Waals surface area contributed by atoms with Crippen LogP contribution in [-0.4, -0.2) is 12.5 Å². The predicted molar refractivity (Wildman–Crippen MR) is 67.9 cm³/mol. The van der Waals surface area contributed by atoms with E-state index in [0.29, 0.717) is 24.0 Å². The van der Waals surface area contributed by atoms with E-state index < -0.39 is 0 Å². The smallest absolute Gasteiger partial charge is 0.211 e. The minimum atomic E-state index is 0.392. The first kappa shape index (κ1) is 13.0. The second-order valence-electron chi connectivity index (χ2n) is 4.05. The Balaban J connectivity index is 2.98. The largest absolute Gasteiger partial charge is 0.328 e. The number of benzene rings is 1. The molecule has 0 heterocycles.